The van der Waals surface area contributed by atoms with Gasteiger partial charge in [0.25, 0.3) is 0 Å². The molecular formula is C15H22ClNO2. The molecule has 1 fully saturated rings. The van der Waals surface area contributed by atoms with Gasteiger partial charge in [-0.2, -0.15) is 0 Å². The zero-order valence-corrected chi connectivity index (χ0v) is 12.3. The number of halogens is 1. The molecule has 0 radical (unpaired) electrons. The molecule has 1 aliphatic rings. The van der Waals surface area contributed by atoms with E-state index in [0.29, 0.717) is 24.1 Å². The average molecular weight is 284 g/mol. The molecular weight excluding hydrogens is 262 g/mol. The van der Waals surface area contributed by atoms with Gasteiger partial charge in [0.1, 0.15) is 12.4 Å². The van der Waals surface area contributed by atoms with Crippen LogP contribution in [0.4, 0.5) is 0 Å². The maximum Gasteiger partial charge on any atom is 0.124 e. The Labute approximate surface area is 119 Å². The van der Waals surface area contributed by atoms with Gasteiger partial charge < -0.3 is 15.2 Å². The summed E-state index contributed by atoms with van der Waals surface area (Å²) in [6.45, 7) is 4.78. The first kappa shape index (κ1) is 14.6. The molecule has 1 aromatic rings. The van der Waals surface area contributed by atoms with Gasteiger partial charge in [-0.3, -0.25) is 0 Å². The Morgan fingerprint density at radius 1 is 1.47 bits per heavy atom. The molecule has 3 nitrogen and oxygen atoms in total. The van der Waals surface area contributed by atoms with E-state index >= 15 is 0 Å². The molecule has 0 aliphatic heterocycles. The first-order valence-corrected chi connectivity index (χ1v) is 7.25. The smallest absolute Gasteiger partial charge is 0.124 e. The van der Waals surface area contributed by atoms with Crippen LogP contribution in [0.25, 0.3) is 0 Å². The first-order valence-electron chi connectivity index (χ1n) is 6.87. The van der Waals surface area contributed by atoms with Gasteiger partial charge in [-0.15, -0.1) is 0 Å². The third-order valence-corrected chi connectivity index (χ3v) is 3.72. The number of aliphatic hydroxyl groups is 1. The molecule has 1 atom stereocenters. The van der Waals surface area contributed by atoms with Crippen molar-refractivity contribution in [3.63, 3.8) is 0 Å². The quantitative estimate of drug-likeness (QED) is 0.808. The van der Waals surface area contributed by atoms with Gasteiger partial charge in [0.05, 0.1) is 5.60 Å². The zero-order valence-electron chi connectivity index (χ0n) is 11.6. The summed E-state index contributed by atoms with van der Waals surface area (Å²) in [6.07, 6.45) is 3.17. The molecule has 2 N–H and O–H groups in total. The highest BCUT2D eigenvalue weighted by Gasteiger charge is 2.22. The van der Waals surface area contributed by atoms with Crippen molar-refractivity contribution in [3.8, 4) is 5.75 Å². The van der Waals surface area contributed by atoms with Crippen molar-refractivity contribution in [2.75, 3.05) is 6.61 Å². The second kappa shape index (κ2) is 6.12. The molecule has 1 aromatic carbocycles. The van der Waals surface area contributed by atoms with E-state index in [4.69, 9.17) is 16.3 Å². The molecule has 1 unspecified atom stereocenters. The third kappa shape index (κ3) is 4.68. The Bertz CT molecular complexity index is 430. The van der Waals surface area contributed by atoms with Crippen LogP contribution in [-0.4, -0.2) is 23.4 Å². The van der Waals surface area contributed by atoms with Crippen LogP contribution in [0.2, 0.25) is 5.02 Å². The number of ether oxygens (including phenoxy) is 1. The van der Waals surface area contributed by atoms with E-state index in [9.17, 15) is 5.11 Å². The first-order chi connectivity index (χ1) is 9.00. The van der Waals surface area contributed by atoms with Crippen LogP contribution in [0.1, 0.15) is 38.7 Å². The van der Waals surface area contributed by atoms with Gasteiger partial charge in [-0.05, 0) is 44.4 Å². The molecule has 4 heteroatoms. The molecule has 0 aromatic heterocycles. The lowest BCUT2D eigenvalue weighted by Gasteiger charge is -2.22. The molecule has 106 valence electrons. The van der Waals surface area contributed by atoms with E-state index < -0.39 is 5.60 Å². The van der Waals surface area contributed by atoms with Gasteiger partial charge in [-0.25, -0.2) is 0 Å². The van der Waals surface area contributed by atoms with Gasteiger partial charge in [-0.1, -0.05) is 18.5 Å². The summed E-state index contributed by atoms with van der Waals surface area (Å²) < 4.78 is 5.75. The van der Waals surface area contributed by atoms with E-state index in [1.807, 2.05) is 25.1 Å². The van der Waals surface area contributed by atoms with Crippen molar-refractivity contribution in [1.82, 2.24) is 5.32 Å². The largest absolute Gasteiger partial charge is 0.490 e. The molecule has 2 rings (SSSR count). The standard InChI is InChI=1S/C15H22ClNO2/c1-3-15(2,18)10-19-14-7-4-12(16)8-11(14)9-17-13-5-6-13/h4,7-8,13,17-18H,3,5-6,9-10H2,1-2H3. The SMILES string of the molecule is CCC(C)(O)COc1ccc(Cl)cc1CNC1CC1. The van der Waals surface area contributed by atoms with E-state index in [2.05, 4.69) is 5.32 Å². The van der Waals surface area contributed by atoms with Gasteiger partial charge in [0.15, 0.2) is 0 Å². The van der Waals surface area contributed by atoms with Gasteiger partial charge >= 0.3 is 0 Å². The number of rotatable bonds is 7. The molecule has 0 amide bonds. The fourth-order valence-electron chi connectivity index (χ4n) is 1.70. The topological polar surface area (TPSA) is 41.5 Å². The maximum absolute atomic E-state index is 9.99. The highest BCUT2D eigenvalue weighted by atomic mass is 35.5. The molecule has 0 heterocycles. The van der Waals surface area contributed by atoms with E-state index in [0.717, 1.165) is 17.9 Å². The predicted molar refractivity (Wildman–Crippen MR) is 77.7 cm³/mol. The second-order valence-corrected chi connectivity index (χ2v) is 5.98. The number of benzene rings is 1. The highest BCUT2D eigenvalue weighted by Crippen LogP contribution is 2.26. The lowest BCUT2D eigenvalue weighted by molar-refractivity contribution is 0.00816. The molecule has 0 spiro atoms. The van der Waals surface area contributed by atoms with Crippen molar-refractivity contribution in [1.29, 1.82) is 0 Å². The van der Waals surface area contributed by atoms with Crippen LogP contribution < -0.4 is 10.1 Å². The van der Waals surface area contributed by atoms with Crippen LogP contribution >= 0.6 is 11.6 Å². The van der Waals surface area contributed by atoms with Gasteiger partial charge in [0, 0.05) is 23.2 Å². The van der Waals surface area contributed by atoms with Crippen LogP contribution in [0, 0.1) is 0 Å². The summed E-state index contributed by atoms with van der Waals surface area (Å²) >= 11 is 6.03. The maximum atomic E-state index is 9.99. The summed E-state index contributed by atoms with van der Waals surface area (Å²) in [4.78, 5) is 0. The molecule has 0 bridgehead atoms. The lowest BCUT2D eigenvalue weighted by atomic mass is 10.1. The summed E-state index contributed by atoms with van der Waals surface area (Å²) in [6, 6.07) is 6.26. The number of nitrogens with one attached hydrogen (secondary N) is 1. The van der Waals surface area contributed by atoms with E-state index in [-0.39, 0.29) is 0 Å². The third-order valence-electron chi connectivity index (χ3n) is 3.48. The zero-order chi connectivity index (χ0) is 13.9. The van der Waals surface area contributed by atoms with Crippen LogP contribution in [0.5, 0.6) is 5.75 Å². The number of hydrogen-bond donors (Lipinski definition) is 2. The van der Waals surface area contributed by atoms with Crippen molar-refractivity contribution in [3.05, 3.63) is 28.8 Å². The Hall–Kier alpha value is -0.770. The molecule has 0 saturated heterocycles. The normalized spacial score (nSPS) is 18.1. The van der Waals surface area contributed by atoms with Crippen molar-refractivity contribution >= 4 is 11.6 Å². The van der Waals surface area contributed by atoms with Crippen LogP contribution in [-0.2, 0) is 6.54 Å². The van der Waals surface area contributed by atoms with E-state index in [1.165, 1.54) is 12.8 Å². The molecule has 1 aliphatic carbocycles. The predicted octanol–water partition coefficient (Wildman–Crippen LogP) is 3.13. The van der Waals surface area contributed by atoms with Crippen molar-refractivity contribution in [2.24, 2.45) is 0 Å². The fourth-order valence-corrected chi connectivity index (χ4v) is 1.90. The lowest BCUT2D eigenvalue weighted by Crippen LogP contribution is -2.31. The van der Waals surface area contributed by atoms with Crippen LogP contribution in [0.3, 0.4) is 0 Å². The average Bonchev–Trinajstić information content (AvgIpc) is 3.19. The Balaban J connectivity index is 2.00. The highest BCUT2D eigenvalue weighted by molar-refractivity contribution is 6.30. The summed E-state index contributed by atoms with van der Waals surface area (Å²) in [5.41, 5.74) is 0.257. The van der Waals surface area contributed by atoms with Gasteiger partial charge in [0.2, 0.25) is 0 Å². The summed E-state index contributed by atoms with van der Waals surface area (Å²) in [5, 5.41) is 14.2. The Kier molecular flexibility index (Phi) is 4.71. The van der Waals surface area contributed by atoms with Crippen LogP contribution in [0.15, 0.2) is 18.2 Å². The minimum Gasteiger partial charge on any atom is -0.490 e. The second-order valence-electron chi connectivity index (χ2n) is 5.55. The minimum absolute atomic E-state index is 0.293. The minimum atomic E-state index is -0.791. The van der Waals surface area contributed by atoms with Crippen molar-refractivity contribution in [2.45, 2.75) is 51.3 Å². The Morgan fingerprint density at radius 3 is 2.84 bits per heavy atom. The number of hydrogen-bond acceptors (Lipinski definition) is 3. The monoisotopic (exact) mass is 283 g/mol. The van der Waals surface area contributed by atoms with Crippen molar-refractivity contribution < 1.29 is 9.84 Å². The Morgan fingerprint density at radius 2 is 2.21 bits per heavy atom. The van der Waals surface area contributed by atoms with E-state index in [1.54, 1.807) is 6.92 Å². The summed E-state index contributed by atoms with van der Waals surface area (Å²) in [5.74, 6) is 0.797. The molecule has 1 saturated carbocycles. The fraction of sp³-hybridized carbons (Fsp3) is 0.600. The molecule has 19 heavy (non-hydrogen) atoms. The summed E-state index contributed by atoms with van der Waals surface area (Å²) in [7, 11) is 0.